The maximum Gasteiger partial charge on any atom is 0.123 e. The molecule has 0 saturated heterocycles. The molecule has 15 heavy (non-hydrogen) atoms. The molecule has 0 aromatic heterocycles. The van der Waals surface area contributed by atoms with Gasteiger partial charge in [-0.1, -0.05) is 6.07 Å². The molecule has 0 fully saturated rings. The van der Waals surface area contributed by atoms with Gasteiger partial charge in [-0.2, -0.15) is 0 Å². The number of rotatable bonds is 4. The van der Waals surface area contributed by atoms with Gasteiger partial charge in [-0.15, -0.1) is 0 Å². The number of halogens is 1. The summed E-state index contributed by atoms with van der Waals surface area (Å²) in [6.07, 6.45) is 0.0419. The number of hydrogen-bond donors (Lipinski definition) is 1. The van der Waals surface area contributed by atoms with E-state index in [0.717, 1.165) is 12.1 Å². The fourth-order valence-electron chi connectivity index (χ4n) is 1.51. The van der Waals surface area contributed by atoms with Crippen LogP contribution in [0.2, 0.25) is 0 Å². The van der Waals surface area contributed by atoms with E-state index in [4.69, 9.17) is 0 Å². The Morgan fingerprint density at radius 2 is 2.07 bits per heavy atom. The summed E-state index contributed by atoms with van der Waals surface area (Å²) in [7, 11) is 3.90. The van der Waals surface area contributed by atoms with Crippen LogP contribution in [-0.4, -0.2) is 30.6 Å². The second-order valence-electron chi connectivity index (χ2n) is 4.11. The molecule has 84 valence electrons. The first-order valence-electron chi connectivity index (χ1n) is 5.09. The van der Waals surface area contributed by atoms with Crippen LogP contribution >= 0.6 is 0 Å². The van der Waals surface area contributed by atoms with Crippen molar-refractivity contribution in [3.05, 3.63) is 35.1 Å². The number of aliphatic hydroxyl groups is 1. The molecule has 0 radical (unpaired) electrons. The number of benzene rings is 1. The zero-order valence-corrected chi connectivity index (χ0v) is 9.50. The molecule has 0 aliphatic heterocycles. The van der Waals surface area contributed by atoms with Gasteiger partial charge in [-0.3, -0.25) is 0 Å². The summed E-state index contributed by atoms with van der Waals surface area (Å²) in [6, 6.07) is 4.52. The van der Waals surface area contributed by atoms with Crippen LogP contribution in [-0.2, 0) is 0 Å². The van der Waals surface area contributed by atoms with Crippen molar-refractivity contribution in [1.82, 2.24) is 4.90 Å². The van der Waals surface area contributed by atoms with Gasteiger partial charge in [-0.25, -0.2) is 4.39 Å². The van der Waals surface area contributed by atoms with E-state index in [1.165, 1.54) is 12.1 Å². The number of hydrogen-bond acceptors (Lipinski definition) is 2. The molecular formula is C12H18FNO. The number of nitrogens with zero attached hydrogens (tertiary/aromatic N) is 1. The van der Waals surface area contributed by atoms with Crippen LogP contribution < -0.4 is 0 Å². The standard InChI is InChI=1S/C12H18FNO/c1-9-4-5-10(13)8-11(9)12(15)6-7-14(2)3/h4-5,8,12,15H,6-7H2,1-3H3. The topological polar surface area (TPSA) is 23.5 Å². The molecular weight excluding hydrogens is 193 g/mol. The maximum atomic E-state index is 13.0. The minimum absolute atomic E-state index is 0.292. The molecule has 1 N–H and O–H groups in total. The zero-order chi connectivity index (χ0) is 11.4. The van der Waals surface area contributed by atoms with Gasteiger partial charge in [0.05, 0.1) is 6.10 Å². The molecule has 0 bridgehead atoms. The molecule has 0 amide bonds. The smallest absolute Gasteiger partial charge is 0.123 e. The Morgan fingerprint density at radius 1 is 1.40 bits per heavy atom. The van der Waals surface area contributed by atoms with E-state index in [-0.39, 0.29) is 5.82 Å². The lowest BCUT2D eigenvalue weighted by molar-refractivity contribution is 0.153. The van der Waals surface area contributed by atoms with Gasteiger partial charge in [-0.05, 0) is 50.7 Å². The van der Waals surface area contributed by atoms with Crippen molar-refractivity contribution in [1.29, 1.82) is 0 Å². The average Bonchev–Trinajstić information content (AvgIpc) is 2.18. The monoisotopic (exact) mass is 211 g/mol. The Hall–Kier alpha value is -0.930. The minimum Gasteiger partial charge on any atom is -0.388 e. The predicted molar refractivity (Wildman–Crippen MR) is 59.3 cm³/mol. The number of aryl methyl sites for hydroxylation is 1. The van der Waals surface area contributed by atoms with E-state index in [2.05, 4.69) is 0 Å². The highest BCUT2D eigenvalue weighted by molar-refractivity contribution is 5.28. The summed E-state index contributed by atoms with van der Waals surface area (Å²) < 4.78 is 13.0. The summed E-state index contributed by atoms with van der Waals surface area (Å²) in [5.74, 6) is -0.292. The Balaban J connectivity index is 2.72. The van der Waals surface area contributed by atoms with E-state index >= 15 is 0 Å². The van der Waals surface area contributed by atoms with E-state index in [9.17, 15) is 9.50 Å². The SMILES string of the molecule is Cc1ccc(F)cc1C(O)CCN(C)C. The second-order valence-corrected chi connectivity index (χ2v) is 4.11. The first-order valence-corrected chi connectivity index (χ1v) is 5.09. The van der Waals surface area contributed by atoms with Gasteiger partial charge in [0.25, 0.3) is 0 Å². The molecule has 0 aliphatic rings. The fraction of sp³-hybridized carbons (Fsp3) is 0.500. The van der Waals surface area contributed by atoms with Gasteiger partial charge in [0.2, 0.25) is 0 Å². The lowest BCUT2D eigenvalue weighted by Crippen LogP contribution is -2.16. The maximum absolute atomic E-state index is 13.0. The number of aliphatic hydroxyl groups excluding tert-OH is 1. The summed E-state index contributed by atoms with van der Waals surface area (Å²) >= 11 is 0. The van der Waals surface area contributed by atoms with Crippen LogP contribution in [0, 0.1) is 12.7 Å². The molecule has 0 spiro atoms. The molecule has 0 saturated carbocycles. The van der Waals surface area contributed by atoms with E-state index in [1.54, 1.807) is 6.07 Å². The van der Waals surface area contributed by atoms with E-state index in [1.807, 2.05) is 25.9 Å². The average molecular weight is 211 g/mol. The highest BCUT2D eigenvalue weighted by atomic mass is 19.1. The van der Waals surface area contributed by atoms with Gasteiger partial charge >= 0.3 is 0 Å². The van der Waals surface area contributed by atoms with Crippen molar-refractivity contribution in [2.24, 2.45) is 0 Å². The third kappa shape index (κ3) is 3.61. The van der Waals surface area contributed by atoms with Crippen LogP contribution in [0.1, 0.15) is 23.7 Å². The lowest BCUT2D eigenvalue weighted by atomic mass is 10.0. The molecule has 0 heterocycles. The quantitative estimate of drug-likeness (QED) is 0.824. The second kappa shape index (κ2) is 5.24. The van der Waals surface area contributed by atoms with Gasteiger partial charge in [0, 0.05) is 6.54 Å². The van der Waals surface area contributed by atoms with Crippen LogP contribution in [0.3, 0.4) is 0 Å². The van der Waals surface area contributed by atoms with Crippen molar-refractivity contribution in [3.8, 4) is 0 Å². The summed E-state index contributed by atoms with van der Waals surface area (Å²) in [5.41, 5.74) is 1.62. The Kier molecular flexibility index (Phi) is 4.24. The minimum atomic E-state index is -0.580. The van der Waals surface area contributed by atoms with Crippen LogP contribution in [0.15, 0.2) is 18.2 Å². The van der Waals surface area contributed by atoms with Crippen molar-refractivity contribution in [2.45, 2.75) is 19.4 Å². The zero-order valence-electron chi connectivity index (χ0n) is 9.50. The van der Waals surface area contributed by atoms with Gasteiger partial charge in [0.1, 0.15) is 5.82 Å². The van der Waals surface area contributed by atoms with Crippen molar-refractivity contribution < 1.29 is 9.50 Å². The highest BCUT2D eigenvalue weighted by Gasteiger charge is 2.11. The molecule has 2 nitrogen and oxygen atoms in total. The lowest BCUT2D eigenvalue weighted by Gasteiger charge is -2.16. The third-order valence-corrected chi connectivity index (χ3v) is 2.45. The van der Waals surface area contributed by atoms with Crippen molar-refractivity contribution in [3.63, 3.8) is 0 Å². The molecule has 1 atom stereocenters. The normalized spacial score (nSPS) is 13.2. The molecule has 0 aliphatic carbocycles. The Bertz CT molecular complexity index is 325. The molecule has 1 unspecified atom stereocenters. The Morgan fingerprint density at radius 3 is 2.67 bits per heavy atom. The van der Waals surface area contributed by atoms with Gasteiger partial charge in [0.15, 0.2) is 0 Å². The van der Waals surface area contributed by atoms with Crippen LogP contribution in [0.25, 0.3) is 0 Å². The van der Waals surface area contributed by atoms with E-state index < -0.39 is 6.10 Å². The molecule has 1 aromatic carbocycles. The molecule has 1 rings (SSSR count). The molecule has 3 heteroatoms. The summed E-state index contributed by atoms with van der Waals surface area (Å²) in [4.78, 5) is 2.00. The third-order valence-electron chi connectivity index (χ3n) is 2.45. The molecule has 1 aromatic rings. The Labute approximate surface area is 90.3 Å². The van der Waals surface area contributed by atoms with Crippen LogP contribution in [0.5, 0.6) is 0 Å². The first kappa shape index (κ1) is 12.1. The first-order chi connectivity index (χ1) is 7.00. The van der Waals surface area contributed by atoms with Gasteiger partial charge < -0.3 is 10.0 Å². The summed E-state index contributed by atoms with van der Waals surface area (Å²) in [6.45, 7) is 2.67. The largest absolute Gasteiger partial charge is 0.388 e. The highest BCUT2D eigenvalue weighted by Crippen LogP contribution is 2.21. The van der Waals surface area contributed by atoms with E-state index in [0.29, 0.717) is 12.0 Å². The fourth-order valence-corrected chi connectivity index (χ4v) is 1.51. The summed E-state index contributed by atoms with van der Waals surface area (Å²) in [5, 5.41) is 9.88. The van der Waals surface area contributed by atoms with Crippen molar-refractivity contribution in [2.75, 3.05) is 20.6 Å². The van der Waals surface area contributed by atoms with Crippen LogP contribution in [0.4, 0.5) is 4.39 Å². The predicted octanol–water partition coefficient (Wildman–Crippen LogP) is 2.12. The van der Waals surface area contributed by atoms with Crippen molar-refractivity contribution >= 4 is 0 Å².